The zero-order valence-electron chi connectivity index (χ0n) is 8.97. The molecule has 0 saturated carbocycles. The molecular weight excluding hydrogens is 166 g/mol. The predicted octanol–water partition coefficient (Wildman–Crippen LogP) is 0.794. The van der Waals surface area contributed by atoms with Crippen LogP contribution in [0.5, 0.6) is 0 Å². The van der Waals surface area contributed by atoms with E-state index in [4.69, 9.17) is 4.43 Å². The highest BCUT2D eigenvalue weighted by atomic mass is 28.2. The van der Waals surface area contributed by atoms with Gasteiger partial charge in [-0.2, -0.15) is 0 Å². The molecule has 0 fully saturated rings. The molecule has 0 rings (SSSR count). The summed E-state index contributed by atoms with van der Waals surface area (Å²) in [4.78, 5) is 2.46. The molecule has 1 unspecified atom stereocenters. The smallest absolute Gasteiger partial charge is 0.146 e. The van der Waals surface area contributed by atoms with Crippen LogP contribution in [0.2, 0.25) is 0 Å². The van der Waals surface area contributed by atoms with Gasteiger partial charge in [-0.15, -0.1) is 0 Å². The lowest BCUT2D eigenvalue weighted by atomic mass is 10.2. The number of hydrogen-bond acceptors (Lipinski definition) is 2. The van der Waals surface area contributed by atoms with E-state index in [0.717, 1.165) is 10.5 Å². The van der Waals surface area contributed by atoms with Crippen molar-refractivity contribution < 1.29 is 4.43 Å². The normalized spacial score (nSPS) is 14.0. The van der Waals surface area contributed by atoms with E-state index in [1.165, 1.54) is 32.5 Å². The molecular formula is C9H23NOSi. The largest absolute Gasteiger partial charge is 0.425 e. The van der Waals surface area contributed by atoms with Crippen LogP contribution in [0, 0.1) is 0 Å². The van der Waals surface area contributed by atoms with Crippen molar-refractivity contribution in [3.8, 4) is 0 Å². The topological polar surface area (TPSA) is 12.5 Å². The third-order valence-corrected chi connectivity index (χ3v) is 3.19. The highest BCUT2D eigenvalue weighted by Crippen LogP contribution is 2.01. The average molecular weight is 189 g/mol. The van der Waals surface area contributed by atoms with Crippen molar-refractivity contribution in [2.45, 2.75) is 39.7 Å². The fraction of sp³-hybridized carbons (Fsp3) is 1.00. The van der Waals surface area contributed by atoms with Gasteiger partial charge in [-0.05, 0) is 39.4 Å². The number of rotatable bonds is 7. The predicted molar refractivity (Wildman–Crippen MR) is 57.5 cm³/mol. The molecule has 1 atom stereocenters. The maximum absolute atomic E-state index is 5.32. The molecule has 0 heterocycles. The minimum atomic E-state index is 0.479. The highest BCUT2D eigenvalue weighted by molar-refractivity contribution is 5.98. The van der Waals surface area contributed by atoms with Gasteiger partial charge in [0.1, 0.15) is 10.5 Å². The summed E-state index contributed by atoms with van der Waals surface area (Å²) in [5, 5.41) is 0. The molecule has 0 amide bonds. The second kappa shape index (κ2) is 7.77. The van der Waals surface area contributed by atoms with Crippen molar-refractivity contribution in [3.63, 3.8) is 0 Å². The summed E-state index contributed by atoms with van der Waals surface area (Å²) in [6.07, 6.45) is 2.96. The maximum atomic E-state index is 5.32. The van der Waals surface area contributed by atoms with Crippen molar-refractivity contribution in [1.82, 2.24) is 4.90 Å². The zero-order valence-corrected chi connectivity index (χ0v) is 11.0. The third kappa shape index (κ3) is 5.74. The standard InChI is InChI=1S/C9H23NOSi/c1-4-10(5-2)8-6-7-9(3)11-12/h9H,4-8H2,1-3,12H3. The van der Waals surface area contributed by atoms with Gasteiger partial charge < -0.3 is 9.33 Å². The van der Waals surface area contributed by atoms with Crippen LogP contribution in [-0.4, -0.2) is 41.1 Å². The van der Waals surface area contributed by atoms with Crippen LogP contribution < -0.4 is 0 Å². The van der Waals surface area contributed by atoms with Gasteiger partial charge in [0.15, 0.2) is 0 Å². The Hall–Kier alpha value is 0.137. The van der Waals surface area contributed by atoms with E-state index in [2.05, 4.69) is 25.7 Å². The van der Waals surface area contributed by atoms with E-state index in [0.29, 0.717) is 6.10 Å². The Morgan fingerprint density at radius 1 is 1.33 bits per heavy atom. The molecule has 3 heteroatoms. The Balaban J connectivity index is 3.28. The molecule has 0 aliphatic carbocycles. The Labute approximate surface area is 79.8 Å². The quantitative estimate of drug-likeness (QED) is 0.549. The van der Waals surface area contributed by atoms with Crippen molar-refractivity contribution in [3.05, 3.63) is 0 Å². The first-order chi connectivity index (χ1) is 5.74. The molecule has 0 aromatic heterocycles. The monoisotopic (exact) mass is 189 g/mol. The van der Waals surface area contributed by atoms with Gasteiger partial charge in [0, 0.05) is 6.10 Å². The van der Waals surface area contributed by atoms with E-state index in [1.807, 2.05) is 0 Å². The summed E-state index contributed by atoms with van der Waals surface area (Å²) in [5.41, 5.74) is 0. The van der Waals surface area contributed by atoms with Crippen LogP contribution in [0.15, 0.2) is 0 Å². The van der Waals surface area contributed by atoms with E-state index >= 15 is 0 Å². The van der Waals surface area contributed by atoms with Gasteiger partial charge in [0.05, 0.1) is 0 Å². The molecule has 0 N–H and O–H groups in total. The van der Waals surface area contributed by atoms with Crippen LogP contribution in [0.25, 0.3) is 0 Å². The first kappa shape index (κ1) is 12.1. The summed E-state index contributed by atoms with van der Waals surface area (Å²) in [7, 11) is 0.874. The Morgan fingerprint density at radius 3 is 2.33 bits per heavy atom. The van der Waals surface area contributed by atoms with Crippen LogP contribution in [-0.2, 0) is 4.43 Å². The van der Waals surface area contributed by atoms with E-state index in [1.54, 1.807) is 0 Å². The zero-order chi connectivity index (χ0) is 9.40. The van der Waals surface area contributed by atoms with Crippen molar-refractivity contribution in [1.29, 1.82) is 0 Å². The van der Waals surface area contributed by atoms with Crippen LogP contribution in [0.4, 0.5) is 0 Å². The summed E-state index contributed by atoms with van der Waals surface area (Å²) < 4.78 is 5.32. The van der Waals surface area contributed by atoms with Gasteiger partial charge in [-0.1, -0.05) is 13.8 Å². The van der Waals surface area contributed by atoms with Crippen molar-refractivity contribution >= 4 is 10.5 Å². The molecule has 0 bridgehead atoms. The lowest BCUT2D eigenvalue weighted by Crippen LogP contribution is -2.24. The van der Waals surface area contributed by atoms with Crippen LogP contribution >= 0.6 is 0 Å². The Bertz CT molecular complexity index is 96.5. The summed E-state index contributed by atoms with van der Waals surface area (Å²) in [5.74, 6) is 0. The highest BCUT2D eigenvalue weighted by Gasteiger charge is 2.01. The molecule has 0 aromatic carbocycles. The van der Waals surface area contributed by atoms with E-state index in [-0.39, 0.29) is 0 Å². The maximum Gasteiger partial charge on any atom is 0.146 e. The van der Waals surface area contributed by atoms with Gasteiger partial charge in [0.2, 0.25) is 0 Å². The van der Waals surface area contributed by atoms with Gasteiger partial charge >= 0.3 is 0 Å². The first-order valence-electron chi connectivity index (χ1n) is 4.99. The van der Waals surface area contributed by atoms with Gasteiger partial charge in [-0.25, -0.2) is 0 Å². The summed E-state index contributed by atoms with van der Waals surface area (Å²) >= 11 is 0. The summed E-state index contributed by atoms with van der Waals surface area (Å²) in [6, 6.07) is 0. The molecule has 0 aliphatic rings. The molecule has 0 aliphatic heterocycles. The number of hydrogen-bond donors (Lipinski definition) is 0. The van der Waals surface area contributed by atoms with Gasteiger partial charge in [0.25, 0.3) is 0 Å². The third-order valence-electron chi connectivity index (χ3n) is 2.38. The van der Waals surface area contributed by atoms with Crippen molar-refractivity contribution in [2.75, 3.05) is 19.6 Å². The molecule has 0 spiro atoms. The molecule has 0 aromatic rings. The SMILES string of the molecule is CCN(CC)CCCC(C)O[SiH3]. The second-order valence-electron chi connectivity index (χ2n) is 3.22. The van der Waals surface area contributed by atoms with Gasteiger partial charge in [-0.3, -0.25) is 0 Å². The fourth-order valence-electron chi connectivity index (χ4n) is 1.26. The summed E-state index contributed by atoms with van der Waals surface area (Å²) in [6.45, 7) is 10.2. The minimum Gasteiger partial charge on any atom is -0.425 e. The lowest BCUT2D eigenvalue weighted by Gasteiger charge is -2.18. The lowest BCUT2D eigenvalue weighted by molar-refractivity contribution is 0.212. The molecule has 2 nitrogen and oxygen atoms in total. The van der Waals surface area contributed by atoms with Crippen molar-refractivity contribution in [2.24, 2.45) is 0 Å². The molecule has 0 saturated heterocycles. The Kier molecular flexibility index (Phi) is 7.86. The molecule has 74 valence electrons. The molecule has 12 heavy (non-hydrogen) atoms. The van der Waals surface area contributed by atoms with Crippen LogP contribution in [0.3, 0.4) is 0 Å². The molecule has 0 radical (unpaired) electrons. The second-order valence-corrected chi connectivity index (χ2v) is 3.69. The first-order valence-corrected chi connectivity index (χ1v) is 5.81. The minimum absolute atomic E-state index is 0.479. The van der Waals surface area contributed by atoms with E-state index < -0.39 is 0 Å². The Morgan fingerprint density at radius 2 is 1.92 bits per heavy atom. The average Bonchev–Trinajstić information content (AvgIpc) is 2.12. The fourth-order valence-corrected chi connectivity index (χ4v) is 1.50. The van der Waals surface area contributed by atoms with E-state index in [9.17, 15) is 0 Å². The number of nitrogens with zero attached hydrogens (tertiary/aromatic N) is 1. The van der Waals surface area contributed by atoms with Crippen LogP contribution in [0.1, 0.15) is 33.6 Å².